The summed E-state index contributed by atoms with van der Waals surface area (Å²) in [6, 6.07) is 1.44. The highest BCUT2D eigenvalue weighted by atomic mass is 32.2. The van der Waals surface area contributed by atoms with E-state index in [9.17, 15) is 4.79 Å². The lowest BCUT2D eigenvalue weighted by Gasteiger charge is -2.31. The van der Waals surface area contributed by atoms with Crippen molar-refractivity contribution in [2.75, 3.05) is 18.1 Å². The van der Waals surface area contributed by atoms with E-state index in [-0.39, 0.29) is 0 Å². The van der Waals surface area contributed by atoms with E-state index in [4.69, 9.17) is 9.63 Å². The molecule has 0 aliphatic carbocycles. The topological polar surface area (TPSA) is 66.6 Å². The molecule has 1 aromatic heterocycles. The number of thioether (sulfide) groups is 1. The van der Waals surface area contributed by atoms with Crippen molar-refractivity contribution >= 4 is 17.7 Å². The van der Waals surface area contributed by atoms with Crippen molar-refractivity contribution in [2.24, 2.45) is 0 Å². The molecule has 2 rings (SSSR count). The second-order valence-corrected chi connectivity index (χ2v) is 4.98. The monoisotopic (exact) mass is 242 g/mol. The maximum Gasteiger partial charge on any atom is 0.321 e. The third-order valence-corrected chi connectivity index (χ3v) is 3.59. The van der Waals surface area contributed by atoms with Gasteiger partial charge in [0.15, 0.2) is 0 Å². The molecule has 0 saturated carbocycles. The summed E-state index contributed by atoms with van der Waals surface area (Å²) < 4.78 is 4.97. The molecule has 88 valence electrons. The molecule has 16 heavy (non-hydrogen) atoms. The third kappa shape index (κ3) is 2.56. The highest BCUT2D eigenvalue weighted by Gasteiger charge is 2.29. The largest absolute Gasteiger partial charge is 0.480 e. The van der Waals surface area contributed by atoms with Gasteiger partial charge in [0.25, 0.3) is 0 Å². The first kappa shape index (κ1) is 11.5. The minimum atomic E-state index is -0.757. The van der Waals surface area contributed by atoms with E-state index < -0.39 is 12.0 Å². The van der Waals surface area contributed by atoms with E-state index in [0.29, 0.717) is 12.3 Å². The lowest BCUT2D eigenvalue weighted by molar-refractivity contribution is -0.142. The van der Waals surface area contributed by atoms with Crippen LogP contribution in [0.4, 0.5) is 0 Å². The molecular weight excluding hydrogens is 228 g/mol. The second-order valence-electron chi connectivity index (χ2n) is 3.83. The summed E-state index contributed by atoms with van der Waals surface area (Å²) in [5.41, 5.74) is 0.802. The van der Waals surface area contributed by atoms with Crippen LogP contribution in [0.5, 0.6) is 0 Å². The molecule has 0 radical (unpaired) electrons. The van der Waals surface area contributed by atoms with Crippen molar-refractivity contribution in [3.05, 3.63) is 17.5 Å². The molecule has 1 saturated heterocycles. The van der Waals surface area contributed by atoms with Crippen LogP contribution in [0.1, 0.15) is 11.5 Å². The van der Waals surface area contributed by atoms with Crippen LogP contribution >= 0.6 is 11.8 Å². The fourth-order valence-corrected chi connectivity index (χ4v) is 2.86. The Kier molecular flexibility index (Phi) is 3.50. The van der Waals surface area contributed by atoms with Gasteiger partial charge in [-0.1, -0.05) is 5.16 Å². The highest BCUT2D eigenvalue weighted by Crippen LogP contribution is 2.19. The first-order valence-corrected chi connectivity index (χ1v) is 6.29. The van der Waals surface area contributed by atoms with Crippen LogP contribution in [0.3, 0.4) is 0 Å². The molecule has 2 heterocycles. The zero-order chi connectivity index (χ0) is 11.5. The van der Waals surface area contributed by atoms with Crippen LogP contribution < -0.4 is 0 Å². The molecule has 1 aliphatic heterocycles. The zero-order valence-corrected chi connectivity index (χ0v) is 9.87. The van der Waals surface area contributed by atoms with Gasteiger partial charge in [-0.2, -0.15) is 11.8 Å². The number of carboxylic acids is 1. The average molecular weight is 242 g/mol. The number of rotatable bonds is 3. The number of hydrogen-bond acceptors (Lipinski definition) is 5. The summed E-state index contributed by atoms with van der Waals surface area (Å²) in [4.78, 5) is 13.0. The van der Waals surface area contributed by atoms with Gasteiger partial charge in [0, 0.05) is 30.7 Å². The smallest absolute Gasteiger partial charge is 0.321 e. The van der Waals surface area contributed by atoms with Crippen molar-refractivity contribution in [2.45, 2.75) is 19.5 Å². The Morgan fingerprint density at radius 3 is 3.25 bits per heavy atom. The van der Waals surface area contributed by atoms with E-state index in [2.05, 4.69) is 5.16 Å². The van der Waals surface area contributed by atoms with Crippen molar-refractivity contribution in [1.82, 2.24) is 10.1 Å². The molecule has 5 nitrogen and oxygen atoms in total. The van der Waals surface area contributed by atoms with Gasteiger partial charge in [0.2, 0.25) is 0 Å². The van der Waals surface area contributed by atoms with Crippen molar-refractivity contribution < 1.29 is 14.4 Å². The predicted molar refractivity (Wildman–Crippen MR) is 60.4 cm³/mol. The lowest BCUT2D eigenvalue weighted by atomic mass is 10.2. The summed E-state index contributed by atoms with van der Waals surface area (Å²) in [6.45, 7) is 3.17. The van der Waals surface area contributed by atoms with Gasteiger partial charge in [0.1, 0.15) is 11.8 Å². The molecule has 1 aliphatic rings. The zero-order valence-electron chi connectivity index (χ0n) is 9.05. The third-order valence-electron chi connectivity index (χ3n) is 2.57. The van der Waals surface area contributed by atoms with Gasteiger partial charge < -0.3 is 9.63 Å². The van der Waals surface area contributed by atoms with Crippen LogP contribution in [-0.4, -0.2) is 45.2 Å². The van der Waals surface area contributed by atoms with Gasteiger partial charge >= 0.3 is 5.97 Å². The quantitative estimate of drug-likeness (QED) is 0.852. The Morgan fingerprint density at radius 2 is 2.62 bits per heavy atom. The molecule has 1 atom stereocenters. The SMILES string of the molecule is Cc1cc(CN2CCSCC2C(=O)O)no1. The molecule has 0 spiro atoms. The van der Waals surface area contributed by atoms with Gasteiger partial charge in [-0.3, -0.25) is 9.69 Å². The lowest BCUT2D eigenvalue weighted by Crippen LogP contribution is -2.46. The van der Waals surface area contributed by atoms with Crippen LogP contribution in [0.15, 0.2) is 10.6 Å². The summed E-state index contributed by atoms with van der Waals surface area (Å²) in [5.74, 6) is 1.62. The Balaban J connectivity index is 2.03. The Labute approximate surface area is 97.8 Å². The Morgan fingerprint density at radius 1 is 1.81 bits per heavy atom. The first-order valence-electron chi connectivity index (χ1n) is 5.13. The maximum atomic E-state index is 11.1. The normalized spacial score (nSPS) is 22.2. The molecule has 6 heteroatoms. The number of hydrogen-bond donors (Lipinski definition) is 1. The minimum absolute atomic E-state index is 0.407. The van der Waals surface area contributed by atoms with Gasteiger partial charge in [-0.05, 0) is 6.92 Å². The summed E-state index contributed by atoms with van der Waals surface area (Å²) in [5, 5.41) is 13.0. The molecule has 0 amide bonds. The molecule has 1 aromatic rings. The number of carbonyl (C=O) groups is 1. The van der Waals surface area contributed by atoms with Gasteiger partial charge in [0.05, 0.1) is 5.69 Å². The van der Waals surface area contributed by atoms with E-state index in [1.54, 1.807) is 11.8 Å². The number of aromatic nitrogens is 1. The second kappa shape index (κ2) is 4.88. The minimum Gasteiger partial charge on any atom is -0.480 e. The van der Waals surface area contributed by atoms with E-state index in [1.807, 2.05) is 17.9 Å². The average Bonchev–Trinajstić information content (AvgIpc) is 2.64. The first-order chi connectivity index (χ1) is 7.66. The molecule has 1 fully saturated rings. The van der Waals surface area contributed by atoms with E-state index >= 15 is 0 Å². The fraction of sp³-hybridized carbons (Fsp3) is 0.600. The summed E-state index contributed by atoms with van der Waals surface area (Å²) in [7, 11) is 0. The van der Waals surface area contributed by atoms with Crippen molar-refractivity contribution in [3.63, 3.8) is 0 Å². The maximum absolute atomic E-state index is 11.1. The fourth-order valence-electron chi connectivity index (χ4n) is 1.76. The highest BCUT2D eigenvalue weighted by molar-refractivity contribution is 7.99. The van der Waals surface area contributed by atoms with Gasteiger partial charge in [-0.15, -0.1) is 0 Å². The number of aliphatic carboxylic acids is 1. The summed E-state index contributed by atoms with van der Waals surface area (Å²) in [6.07, 6.45) is 0. The predicted octanol–water partition coefficient (Wildman–Crippen LogP) is 0.985. The summed E-state index contributed by atoms with van der Waals surface area (Å²) >= 11 is 1.68. The molecule has 0 bridgehead atoms. The number of carboxylic acid groups (broad SMARTS) is 1. The van der Waals surface area contributed by atoms with Crippen LogP contribution in [0.25, 0.3) is 0 Å². The van der Waals surface area contributed by atoms with Crippen LogP contribution in [0.2, 0.25) is 0 Å². The Bertz CT molecular complexity index is 380. The van der Waals surface area contributed by atoms with E-state index in [0.717, 1.165) is 23.8 Å². The number of nitrogens with zero attached hydrogens (tertiary/aromatic N) is 2. The van der Waals surface area contributed by atoms with Crippen LogP contribution in [-0.2, 0) is 11.3 Å². The number of aryl methyl sites for hydroxylation is 1. The van der Waals surface area contributed by atoms with Crippen LogP contribution in [0, 0.1) is 6.92 Å². The molecule has 1 N–H and O–H groups in total. The Hall–Kier alpha value is -1.01. The molecule has 0 aromatic carbocycles. The van der Waals surface area contributed by atoms with Crippen molar-refractivity contribution in [3.8, 4) is 0 Å². The van der Waals surface area contributed by atoms with Gasteiger partial charge in [-0.25, -0.2) is 0 Å². The molecular formula is C10H14N2O3S. The van der Waals surface area contributed by atoms with Crippen molar-refractivity contribution in [1.29, 1.82) is 0 Å². The standard InChI is InChI=1S/C10H14N2O3S/c1-7-4-8(11-15-7)5-12-2-3-16-6-9(12)10(13)14/h4,9H,2-3,5-6H2,1H3,(H,13,14). The molecule has 1 unspecified atom stereocenters. The van der Waals surface area contributed by atoms with E-state index in [1.165, 1.54) is 0 Å².